The average Bonchev–Trinajstić information content (AvgIpc) is 3.16. The quantitative estimate of drug-likeness (QED) is 0.700. The van der Waals surface area contributed by atoms with Gasteiger partial charge < -0.3 is 4.90 Å². The second-order valence-electron chi connectivity index (χ2n) is 7.69. The lowest BCUT2D eigenvalue weighted by Crippen LogP contribution is -2.38. The second kappa shape index (κ2) is 6.96. The summed E-state index contributed by atoms with van der Waals surface area (Å²) in [6.45, 7) is 1.35. The highest BCUT2D eigenvalue weighted by Crippen LogP contribution is 2.30. The zero-order valence-electron chi connectivity index (χ0n) is 15.6. The first-order valence-corrected chi connectivity index (χ1v) is 9.96. The van der Waals surface area contributed by atoms with Gasteiger partial charge in [0.2, 0.25) is 0 Å². The molecule has 28 heavy (non-hydrogen) atoms. The number of aromatic nitrogens is 4. The van der Waals surface area contributed by atoms with Crippen LogP contribution in [0.2, 0.25) is 0 Å². The number of anilines is 1. The first-order valence-electron chi connectivity index (χ1n) is 9.96. The molecule has 2 aromatic heterocycles. The molecule has 7 heteroatoms. The molecule has 0 radical (unpaired) electrons. The number of hydrogen-bond donors (Lipinski definition) is 0. The van der Waals surface area contributed by atoms with Crippen LogP contribution in [0, 0.1) is 5.82 Å². The maximum Gasteiger partial charge on any atom is 0.267 e. The molecule has 1 aliphatic heterocycles. The van der Waals surface area contributed by atoms with Gasteiger partial charge in [-0.15, -0.1) is 0 Å². The molecule has 2 aliphatic rings. The van der Waals surface area contributed by atoms with Crippen molar-refractivity contribution in [2.75, 3.05) is 11.4 Å². The molecule has 3 aromatic rings. The molecule has 0 saturated carbocycles. The summed E-state index contributed by atoms with van der Waals surface area (Å²) in [6, 6.07) is 6.45. The van der Waals surface area contributed by atoms with Gasteiger partial charge in [0.25, 0.3) is 5.56 Å². The maximum atomic E-state index is 13.8. The first kappa shape index (κ1) is 17.3. The number of halogens is 1. The SMILES string of the molecule is O=c1cc2c(nn1CC1CCCN1c1ncnc3ccc(F)cc13)CCCC2. The van der Waals surface area contributed by atoms with Crippen LogP contribution in [0.5, 0.6) is 0 Å². The number of fused-ring (bicyclic) bond motifs is 2. The summed E-state index contributed by atoms with van der Waals surface area (Å²) in [5, 5.41) is 5.37. The van der Waals surface area contributed by atoms with Gasteiger partial charge in [-0.25, -0.2) is 19.0 Å². The van der Waals surface area contributed by atoms with E-state index in [0.717, 1.165) is 67.7 Å². The van der Waals surface area contributed by atoms with Crippen LogP contribution in [-0.4, -0.2) is 32.3 Å². The molecule has 6 nitrogen and oxygen atoms in total. The summed E-state index contributed by atoms with van der Waals surface area (Å²) in [6.07, 6.45) is 7.63. The molecule has 0 amide bonds. The average molecular weight is 379 g/mol. The molecule has 1 aliphatic carbocycles. The van der Waals surface area contributed by atoms with Gasteiger partial charge in [-0.3, -0.25) is 4.79 Å². The third-order valence-corrected chi connectivity index (χ3v) is 5.88. The van der Waals surface area contributed by atoms with Crippen molar-refractivity contribution in [3.63, 3.8) is 0 Å². The van der Waals surface area contributed by atoms with Crippen molar-refractivity contribution in [3.8, 4) is 0 Å². The topological polar surface area (TPSA) is 63.9 Å². The highest BCUT2D eigenvalue weighted by molar-refractivity contribution is 5.89. The normalized spacial score (nSPS) is 19.2. The summed E-state index contributed by atoms with van der Waals surface area (Å²) in [5.74, 6) is 0.435. The van der Waals surface area contributed by atoms with Crippen molar-refractivity contribution in [1.82, 2.24) is 19.7 Å². The van der Waals surface area contributed by atoms with E-state index in [2.05, 4.69) is 20.0 Å². The minimum Gasteiger partial charge on any atom is -0.351 e. The van der Waals surface area contributed by atoms with Gasteiger partial charge in [0.05, 0.1) is 23.8 Å². The molecule has 5 rings (SSSR count). The third kappa shape index (κ3) is 3.04. The number of aryl methyl sites for hydroxylation is 2. The highest BCUT2D eigenvalue weighted by atomic mass is 19.1. The highest BCUT2D eigenvalue weighted by Gasteiger charge is 2.28. The predicted molar refractivity (Wildman–Crippen MR) is 105 cm³/mol. The number of hydrogen-bond acceptors (Lipinski definition) is 5. The van der Waals surface area contributed by atoms with Gasteiger partial charge in [0, 0.05) is 18.0 Å². The molecule has 0 bridgehead atoms. The van der Waals surface area contributed by atoms with E-state index < -0.39 is 0 Å². The van der Waals surface area contributed by atoms with E-state index in [1.165, 1.54) is 18.5 Å². The summed E-state index contributed by atoms with van der Waals surface area (Å²) < 4.78 is 15.4. The van der Waals surface area contributed by atoms with Gasteiger partial charge >= 0.3 is 0 Å². The lowest BCUT2D eigenvalue weighted by Gasteiger charge is -2.27. The Kier molecular flexibility index (Phi) is 4.30. The minimum atomic E-state index is -0.299. The van der Waals surface area contributed by atoms with Gasteiger partial charge in [-0.2, -0.15) is 5.10 Å². The maximum absolute atomic E-state index is 13.8. The van der Waals surface area contributed by atoms with Crippen molar-refractivity contribution in [2.45, 2.75) is 51.1 Å². The molecule has 0 N–H and O–H groups in total. The van der Waals surface area contributed by atoms with Crippen molar-refractivity contribution in [2.24, 2.45) is 0 Å². The van der Waals surface area contributed by atoms with Crippen LogP contribution in [0.3, 0.4) is 0 Å². The Morgan fingerprint density at radius 2 is 2.00 bits per heavy atom. The van der Waals surface area contributed by atoms with E-state index in [0.29, 0.717) is 11.9 Å². The fraction of sp³-hybridized carbons (Fsp3) is 0.429. The smallest absolute Gasteiger partial charge is 0.267 e. The molecule has 1 atom stereocenters. The molecule has 3 heterocycles. The summed E-state index contributed by atoms with van der Waals surface area (Å²) in [7, 11) is 0. The molecular formula is C21H22FN5O. The molecule has 1 aromatic carbocycles. The standard InChI is InChI=1S/C21H22FN5O/c22-15-7-8-19-17(11-15)21(24-13-23-19)26-9-3-5-16(26)12-27-20(28)10-14-4-1-2-6-18(14)25-27/h7-8,10-11,13,16H,1-6,9,12H2. The van der Waals surface area contributed by atoms with Gasteiger partial charge in [0.1, 0.15) is 18.0 Å². The molecular weight excluding hydrogens is 357 g/mol. The van der Waals surface area contributed by atoms with Gasteiger partial charge in [0.15, 0.2) is 0 Å². The van der Waals surface area contributed by atoms with Crippen LogP contribution in [0.15, 0.2) is 35.4 Å². The fourth-order valence-electron chi connectivity index (χ4n) is 4.48. The van der Waals surface area contributed by atoms with Gasteiger partial charge in [-0.05, 0) is 62.3 Å². The zero-order chi connectivity index (χ0) is 19.1. The monoisotopic (exact) mass is 379 g/mol. The second-order valence-corrected chi connectivity index (χ2v) is 7.69. The third-order valence-electron chi connectivity index (χ3n) is 5.88. The lowest BCUT2D eigenvalue weighted by molar-refractivity contribution is 0.472. The molecule has 1 unspecified atom stereocenters. The number of nitrogens with zero attached hydrogens (tertiary/aromatic N) is 5. The Morgan fingerprint density at radius 1 is 1.11 bits per heavy atom. The van der Waals surface area contributed by atoms with Crippen LogP contribution < -0.4 is 10.5 Å². The summed E-state index contributed by atoms with van der Waals surface area (Å²) >= 11 is 0. The Bertz CT molecular complexity index is 1100. The molecule has 144 valence electrons. The Hall–Kier alpha value is -2.83. The summed E-state index contributed by atoms with van der Waals surface area (Å²) in [5.41, 5.74) is 2.85. The lowest BCUT2D eigenvalue weighted by atomic mass is 9.97. The largest absolute Gasteiger partial charge is 0.351 e. The number of rotatable bonds is 3. The summed E-state index contributed by atoms with van der Waals surface area (Å²) in [4.78, 5) is 23.5. The van der Waals surface area contributed by atoms with E-state index >= 15 is 0 Å². The van der Waals surface area contributed by atoms with Crippen molar-refractivity contribution in [1.29, 1.82) is 0 Å². The van der Waals surface area contributed by atoms with E-state index in [1.807, 2.05) is 0 Å². The van der Waals surface area contributed by atoms with Gasteiger partial charge in [-0.1, -0.05) is 0 Å². The number of benzene rings is 1. The van der Waals surface area contributed by atoms with Crippen LogP contribution >= 0.6 is 0 Å². The Balaban J connectivity index is 1.49. The van der Waals surface area contributed by atoms with Crippen LogP contribution in [0.25, 0.3) is 10.9 Å². The Labute approximate surface area is 162 Å². The van der Waals surface area contributed by atoms with Crippen LogP contribution in [0.4, 0.5) is 10.2 Å². The molecule has 1 fully saturated rings. The van der Waals surface area contributed by atoms with Crippen LogP contribution in [-0.2, 0) is 19.4 Å². The Morgan fingerprint density at radius 3 is 2.93 bits per heavy atom. The van der Waals surface area contributed by atoms with E-state index in [-0.39, 0.29) is 17.4 Å². The van der Waals surface area contributed by atoms with Crippen molar-refractivity contribution >= 4 is 16.7 Å². The molecule has 0 spiro atoms. The molecule has 1 saturated heterocycles. The van der Waals surface area contributed by atoms with E-state index in [1.54, 1.807) is 16.8 Å². The van der Waals surface area contributed by atoms with Crippen LogP contribution in [0.1, 0.15) is 36.9 Å². The van der Waals surface area contributed by atoms with E-state index in [9.17, 15) is 9.18 Å². The van der Waals surface area contributed by atoms with Crippen molar-refractivity contribution < 1.29 is 4.39 Å². The minimum absolute atomic E-state index is 0.0360. The zero-order valence-corrected chi connectivity index (χ0v) is 15.6. The van der Waals surface area contributed by atoms with Crippen molar-refractivity contribution in [3.05, 3.63) is 58.0 Å². The fourth-order valence-corrected chi connectivity index (χ4v) is 4.48. The predicted octanol–water partition coefficient (Wildman–Crippen LogP) is 2.87. The first-order chi connectivity index (χ1) is 13.7. The van der Waals surface area contributed by atoms with E-state index in [4.69, 9.17) is 0 Å².